The van der Waals surface area contributed by atoms with Crippen LogP contribution in [0.5, 0.6) is 0 Å². The number of amides is 2. The number of piperidine rings is 1. The molecule has 7 heteroatoms. The van der Waals surface area contributed by atoms with Gasteiger partial charge in [-0.2, -0.15) is 5.26 Å². The third-order valence-electron chi connectivity index (χ3n) is 6.79. The minimum absolute atomic E-state index is 0.122. The molecule has 0 spiro atoms. The number of nitrogens with two attached hydrogens (primary N) is 1. The molecule has 176 valence electrons. The highest BCUT2D eigenvalue weighted by Gasteiger charge is 2.30. The van der Waals surface area contributed by atoms with Crippen molar-refractivity contribution in [2.24, 2.45) is 11.7 Å². The van der Waals surface area contributed by atoms with E-state index < -0.39 is 0 Å². The number of nitrogens with zero attached hydrogens (tertiary/aromatic N) is 4. The van der Waals surface area contributed by atoms with Crippen molar-refractivity contribution in [3.05, 3.63) is 83.6 Å². The summed E-state index contributed by atoms with van der Waals surface area (Å²) in [5, 5.41) is 9.66. The van der Waals surface area contributed by atoms with Crippen molar-refractivity contribution in [2.75, 3.05) is 39.3 Å². The molecule has 34 heavy (non-hydrogen) atoms. The summed E-state index contributed by atoms with van der Waals surface area (Å²) in [4.78, 5) is 30.6. The molecule has 7 nitrogen and oxygen atoms in total. The first-order chi connectivity index (χ1) is 16.6. The van der Waals surface area contributed by atoms with Crippen LogP contribution in [0, 0.1) is 17.2 Å². The predicted octanol–water partition coefficient (Wildman–Crippen LogP) is 2.52. The van der Waals surface area contributed by atoms with Gasteiger partial charge in [0.15, 0.2) is 0 Å². The second kappa shape index (κ2) is 11.0. The molecule has 2 heterocycles. The van der Waals surface area contributed by atoms with Gasteiger partial charge >= 0.3 is 0 Å². The van der Waals surface area contributed by atoms with Crippen molar-refractivity contribution in [3.8, 4) is 6.07 Å². The zero-order valence-electron chi connectivity index (χ0n) is 19.3. The van der Waals surface area contributed by atoms with Gasteiger partial charge in [-0.05, 0) is 24.0 Å². The van der Waals surface area contributed by atoms with E-state index >= 15 is 0 Å². The summed E-state index contributed by atoms with van der Waals surface area (Å²) in [6, 6.07) is 23.1. The Kier molecular flexibility index (Phi) is 7.61. The maximum absolute atomic E-state index is 13.1. The third-order valence-corrected chi connectivity index (χ3v) is 6.79. The SMILES string of the molecule is N#C/C(=C/N1CCC(C(N)=O)CC1)C(=O)N1CCN(C(c2ccccc2)c2ccccc2)CC1. The van der Waals surface area contributed by atoms with E-state index in [1.165, 1.54) is 11.1 Å². The van der Waals surface area contributed by atoms with Gasteiger partial charge in [0, 0.05) is 51.4 Å². The van der Waals surface area contributed by atoms with Gasteiger partial charge in [0.25, 0.3) is 5.91 Å². The third kappa shape index (κ3) is 5.46. The Morgan fingerprint density at radius 1 is 0.882 bits per heavy atom. The Hall–Kier alpha value is -3.63. The molecule has 0 saturated carbocycles. The maximum atomic E-state index is 13.1. The first kappa shape index (κ1) is 23.5. The van der Waals surface area contributed by atoms with Crippen LogP contribution >= 0.6 is 0 Å². The monoisotopic (exact) mass is 457 g/mol. The molecule has 2 saturated heterocycles. The minimum Gasteiger partial charge on any atom is -0.376 e. The fourth-order valence-electron chi connectivity index (χ4n) is 4.87. The summed E-state index contributed by atoms with van der Waals surface area (Å²) in [6.45, 7) is 3.83. The van der Waals surface area contributed by atoms with Crippen LogP contribution in [0.2, 0.25) is 0 Å². The van der Waals surface area contributed by atoms with E-state index in [4.69, 9.17) is 5.73 Å². The lowest BCUT2D eigenvalue weighted by atomic mass is 9.96. The molecule has 0 aromatic heterocycles. The molecule has 2 aromatic carbocycles. The average molecular weight is 458 g/mol. The number of nitriles is 1. The molecule has 2 aliphatic heterocycles. The van der Waals surface area contributed by atoms with E-state index in [0.717, 1.165) is 13.1 Å². The van der Waals surface area contributed by atoms with Gasteiger partial charge < -0.3 is 15.5 Å². The van der Waals surface area contributed by atoms with Gasteiger partial charge in [-0.15, -0.1) is 0 Å². The van der Waals surface area contributed by atoms with Crippen LogP contribution in [0.25, 0.3) is 0 Å². The van der Waals surface area contributed by atoms with E-state index in [1.54, 1.807) is 11.1 Å². The molecule has 0 radical (unpaired) electrons. The van der Waals surface area contributed by atoms with E-state index in [1.807, 2.05) is 17.0 Å². The Balaban J connectivity index is 1.41. The Bertz CT molecular complexity index is 1010. The van der Waals surface area contributed by atoms with Gasteiger partial charge in [-0.1, -0.05) is 60.7 Å². The number of carbonyl (C=O) groups excluding carboxylic acids is 2. The molecule has 0 unspecified atom stereocenters. The van der Waals surface area contributed by atoms with Crippen LogP contribution in [0.4, 0.5) is 0 Å². The van der Waals surface area contributed by atoms with Crippen LogP contribution in [-0.2, 0) is 9.59 Å². The smallest absolute Gasteiger partial charge is 0.266 e. The summed E-state index contributed by atoms with van der Waals surface area (Å²) in [5.74, 6) is -0.626. The summed E-state index contributed by atoms with van der Waals surface area (Å²) in [7, 11) is 0. The number of piperazine rings is 1. The number of hydrogen-bond donors (Lipinski definition) is 1. The summed E-state index contributed by atoms with van der Waals surface area (Å²) >= 11 is 0. The van der Waals surface area contributed by atoms with Crippen LogP contribution in [0.1, 0.15) is 30.0 Å². The Morgan fingerprint density at radius 2 is 1.41 bits per heavy atom. The van der Waals surface area contributed by atoms with Crippen LogP contribution < -0.4 is 5.73 Å². The molecule has 2 N–H and O–H groups in total. The molecule has 2 amide bonds. The highest BCUT2D eigenvalue weighted by atomic mass is 16.2. The maximum Gasteiger partial charge on any atom is 0.266 e. The lowest BCUT2D eigenvalue weighted by Gasteiger charge is -2.40. The Morgan fingerprint density at radius 3 is 1.88 bits per heavy atom. The molecule has 0 bridgehead atoms. The number of benzene rings is 2. The quantitative estimate of drug-likeness (QED) is 0.531. The van der Waals surface area contributed by atoms with Crippen molar-refractivity contribution in [3.63, 3.8) is 0 Å². The fourth-order valence-corrected chi connectivity index (χ4v) is 4.87. The molecular formula is C27H31N5O2. The van der Waals surface area contributed by atoms with E-state index in [-0.39, 0.29) is 29.3 Å². The predicted molar refractivity (Wildman–Crippen MR) is 130 cm³/mol. The average Bonchev–Trinajstić information content (AvgIpc) is 2.89. The summed E-state index contributed by atoms with van der Waals surface area (Å²) in [5.41, 5.74) is 8.00. The molecule has 2 fully saturated rings. The van der Waals surface area contributed by atoms with Crippen LogP contribution in [0.15, 0.2) is 72.4 Å². The van der Waals surface area contributed by atoms with Crippen molar-refractivity contribution < 1.29 is 9.59 Å². The van der Waals surface area contributed by atoms with Crippen molar-refractivity contribution >= 4 is 11.8 Å². The number of rotatable bonds is 6. The highest BCUT2D eigenvalue weighted by Crippen LogP contribution is 2.29. The van der Waals surface area contributed by atoms with Crippen molar-refractivity contribution in [1.29, 1.82) is 5.26 Å². The number of likely N-dealkylation sites (tertiary alicyclic amines) is 1. The first-order valence-corrected chi connectivity index (χ1v) is 11.9. The number of carbonyl (C=O) groups is 2. The van der Waals surface area contributed by atoms with Gasteiger partial charge in [0.2, 0.25) is 5.91 Å². The van der Waals surface area contributed by atoms with Gasteiger partial charge in [0.05, 0.1) is 6.04 Å². The van der Waals surface area contributed by atoms with Crippen LogP contribution in [-0.4, -0.2) is 65.8 Å². The van der Waals surface area contributed by atoms with Gasteiger partial charge in [-0.3, -0.25) is 14.5 Å². The molecule has 0 atom stereocenters. The highest BCUT2D eigenvalue weighted by molar-refractivity contribution is 5.97. The lowest BCUT2D eigenvalue weighted by Crippen LogP contribution is -2.50. The van der Waals surface area contributed by atoms with E-state index in [0.29, 0.717) is 39.0 Å². The fraction of sp³-hybridized carbons (Fsp3) is 0.370. The van der Waals surface area contributed by atoms with Crippen molar-refractivity contribution in [2.45, 2.75) is 18.9 Å². The normalized spacial score (nSPS) is 18.1. The van der Waals surface area contributed by atoms with Gasteiger partial charge in [-0.25, -0.2) is 0 Å². The molecule has 0 aliphatic carbocycles. The summed E-state index contributed by atoms with van der Waals surface area (Å²) < 4.78 is 0. The zero-order chi connectivity index (χ0) is 23.9. The molecule has 2 aliphatic rings. The Labute approximate surface area is 201 Å². The lowest BCUT2D eigenvalue weighted by molar-refractivity contribution is -0.129. The molecule has 2 aromatic rings. The standard InChI is InChI=1S/C27H31N5O2/c28-19-24(20-30-13-11-23(12-14-30)26(29)33)27(34)32-17-15-31(16-18-32)25(21-7-3-1-4-8-21)22-9-5-2-6-10-22/h1-10,20,23,25H,11-18H2,(H2,29,33)/b24-20-. The van der Waals surface area contributed by atoms with Crippen LogP contribution in [0.3, 0.4) is 0 Å². The van der Waals surface area contributed by atoms with E-state index in [9.17, 15) is 14.9 Å². The first-order valence-electron chi connectivity index (χ1n) is 11.9. The second-order valence-electron chi connectivity index (χ2n) is 8.92. The second-order valence-corrected chi connectivity index (χ2v) is 8.92. The molecule has 4 rings (SSSR count). The largest absolute Gasteiger partial charge is 0.376 e. The summed E-state index contributed by atoms with van der Waals surface area (Å²) in [6.07, 6.45) is 2.96. The minimum atomic E-state index is -0.276. The number of hydrogen-bond acceptors (Lipinski definition) is 5. The number of primary amides is 1. The molecular weight excluding hydrogens is 426 g/mol. The topological polar surface area (TPSA) is 93.7 Å². The van der Waals surface area contributed by atoms with Crippen molar-refractivity contribution in [1.82, 2.24) is 14.7 Å². The van der Waals surface area contributed by atoms with E-state index in [2.05, 4.69) is 59.5 Å². The van der Waals surface area contributed by atoms with Gasteiger partial charge in [0.1, 0.15) is 11.6 Å². The zero-order valence-corrected chi connectivity index (χ0v) is 19.3.